The minimum Gasteiger partial charge on any atom is -0.344 e. The van der Waals surface area contributed by atoms with Crippen LogP contribution in [-0.4, -0.2) is 5.78 Å². The lowest BCUT2D eigenvalue weighted by atomic mass is 9.85. The summed E-state index contributed by atoms with van der Waals surface area (Å²) >= 11 is 0. The lowest BCUT2D eigenvalue weighted by molar-refractivity contribution is -0.119. The first-order valence-electron chi connectivity index (χ1n) is 4.52. The fraction of sp³-hybridized carbons (Fsp3) is 0.900. The first-order chi connectivity index (χ1) is 5.01. The predicted molar refractivity (Wildman–Crippen MR) is 49.2 cm³/mol. The molecule has 0 bridgehead atoms. The van der Waals surface area contributed by atoms with Crippen molar-refractivity contribution < 1.29 is 4.79 Å². The summed E-state index contributed by atoms with van der Waals surface area (Å²) in [4.78, 5) is 11.0. The molecule has 0 amide bonds. The van der Waals surface area contributed by atoms with Gasteiger partial charge < -0.3 is 6.15 Å². The fourth-order valence-electron chi connectivity index (χ4n) is 2.96. The van der Waals surface area contributed by atoms with Crippen LogP contribution in [0.15, 0.2) is 0 Å². The van der Waals surface area contributed by atoms with Crippen LogP contribution in [0, 0.1) is 23.2 Å². The van der Waals surface area contributed by atoms with Crippen LogP contribution in [0.5, 0.6) is 0 Å². The number of carbonyl (C=O) groups is 1. The fourth-order valence-corrected chi connectivity index (χ4v) is 2.96. The van der Waals surface area contributed by atoms with Gasteiger partial charge >= 0.3 is 0 Å². The Balaban J connectivity index is 0.000000720. The highest BCUT2D eigenvalue weighted by atomic mass is 16.1. The van der Waals surface area contributed by atoms with Crippen molar-refractivity contribution >= 4 is 5.78 Å². The number of hydrogen-bond acceptors (Lipinski definition) is 2. The topological polar surface area (TPSA) is 52.1 Å². The van der Waals surface area contributed by atoms with Crippen LogP contribution >= 0.6 is 0 Å². The quantitative estimate of drug-likeness (QED) is 0.655. The second-order valence-electron chi connectivity index (χ2n) is 5.04. The van der Waals surface area contributed by atoms with E-state index in [-0.39, 0.29) is 6.15 Å². The van der Waals surface area contributed by atoms with E-state index in [1.54, 1.807) is 6.92 Å². The Labute approximate surface area is 74.3 Å². The summed E-state index contributed by atoms with van der Waals surface area (Å²) in [5.41, 5.74) is 0.529. The number of hydrogen-bond donors (Lipinski definition) is 1. The Morgan fingerprint density at radius 3 is 2.00 bits per heavy atom. The third-order valence-corrected chi connectivity index (χ3v) is 3.38. The van der Waals surface area contributed by atoms with Crippen molar-refractivity contribution in [2.45, 2.75) is 33.6 Å². The van der Waals surface area contributed by atoms with Crippen LogP contribution in [0.1, 0.15) is 33.6 Å². The van der Waals surface area contributed by atoms with Gasteiger partial charge in [-0.25, -0.2) is 0 Å². The average molecular weight is 169 g/mol. The van der Waals surface area contributed by atoms with Crippen molar-refractivity contribution in [1.82, 2.24) is 6.15 Å². The van der Waals surface area contributed by atoms with E-state index < -0.39 is 0 Å². The molecule has 0 radical (unpaired) electrons. The standard InChI is InChI=1S/C10H16O.H3N/c1-6(11)9-7-4-10(2,3)5-8(7)9;/h7-9H,4-5H2,1-3H3;1H3. The minimum atomic E-state index is 0. The van der Waals surface area contributed by atoms with Crippen molar-refractivity contribution in [3.05, 3.63) is 0 Å². The summed E-state index contributed by atoms with van der Waals surface area (Å²) < 4.78 is 0. The van der Waals surface area contributed by atoms with E-state index in [9.17, 15) is 4.79 Å². The molecule has 2 unspecified atom stereocenters. The molecule has 2 atom stereocenters. The normalized spacial score (nSPS) is 41.4. The molecule has 2 aliphatic rings. The van der Waals surface area contributed by atoms with Crippen molar-refractivity contribution in [2.24, 2.45) is 23.2 Å². The Morgan fingerprint density at radius 1 is 1.25 bits per heavy atom. The van der Waals surface area contributed by atoms with Crippen molar-refractivity contribution in [1.29, 1.82) is 0 Å². The van der Waals surface area contributed by atoms with Gasteiger partial charge in [0.05, 0.1) is 0 Å². The summed E-state index contributed by atoms with van der Waals surface area (Å²) in [6, 6.07) is 0. The first-order valence-corrected chi connectivity index (χ1v) is 4.52. The molecule has 0 aromatic heterocycles. The van der Waals surface area contributed by atoms with E-state index in [0.717, 1.165) is 11.8 Å². The maximum Gasteiger partial charge on any atom is 0.133 e. The molecule has 2 saturated carbocycles. The lowest BCUT2D eigenvalue weighted by Gasteiger charge is -2.20. The monoisotopic (exact) mass is 169 g/mol. The van der Waals surface area contributed by atoms with Crippen molar-refractivity contribution in [3.63, 3.8) is 0 Å². The molecule has 3 N–H and O–H groups in total. The molecule has 2 fully saturated rings. The maximum atomic E-state index is 11.0. The Kier molecular flexibility index (Phi) is 2.07. The van der Waals surface area contributed by atoms with Crippen molar-refractivity contribution in [3.8, 4) is 0 Å². The van der Waals surface area contributed by atoms with E-state index in [1.807, 2.05) is 0 Å². The van der Waals surface area contributed by atoms with Crippen LogP contribution < -0.4 is 6.15 Å². The zero-order valence-corrected chi connectivity index (χ0v) is 8.26. The Bertz CT molecular complexity index is 196. The average Bonchev–Trinajstić information content (AvgIpc) is 2.31. The van der Waals surface area contributed by atoms with Gasteiger partial charge in [-0.3, -0.25) is 4.79 Å². The van der Waals surface area contributed by atoms with Crippen LogP contribution in [0.3, 0.4) is 0 Å². The van der Waals surface area contributed by atoms with Gasteiger partial charge in [0.2, 0.25) is 0 Å². The molecule has 0 saturated heterocycles. The van der Waals surface area contributed by atoms with Crippen LogP contribution in [0.2, 0.25) is 0 Å². The molecule has 2 aliphatic carbocycles. The highest BCUT2D eigenvalue weighted by molar-refractivity contribution is 5.82. The van der Waals surface area contributed by atoms with E-state index in [0.29, 0.717) is 17.1 Å². The largest absolute Gasteiger partial charge is 0.344 e. The van der Waals surface area contributed by atoms with Gasteiger partial charge in [0.15, 0.2) is 0 Å². The van der Waals surface area contributed by atoms with Gasteiger partial charge in [-0.1, -0.05) is 13.8 Å². The first kappa shape index (κ1) is 9.72. The second kappa shape index (κ2) is 2.56. The zero-order valence-electron chi connectivity index (χ0n) is 8.26. The van der Waals surface area contributed by atoms with Crippen LogP contribution in [0.4, 0.5) is 0 Å². The summed E-state index contributed by atoms with van der Waals surface area (Å²) in [6.45, 7) is 6.38. The smallest absolute Gasteiger partial charge is 0.133 e. The summed E-state index contributed by atoms with van der Waals surface area (Å²) in [5.74, 6) is 2.42. The molecule has 2 nitrogen and oxygen atoms in total. The number of fused-ring (bicyclic) bond motifs is 1. The number of Topliss-reactive ketones (excluding diaryl/α,β-unsaturated/α-hetero) is 1. The van der Waals surface area contributed by atoms with Gasteiger partial charge in [-0.15, -0.1) is 0 Å². The summed E-state index contributed by atoms with van der Waals surface area (Å²) in [6.07, 6.45) is 2.56. The third kappa shape index (κ3) is 1.28. The molecule has 0 spiro atoms. The van der Waals surface area contributed by atoms with E-state index >= 15 is 0 Å². The summed E-state index contributed by atoms with van der Waals surface area (Å²) in [5, 5.41) is 0. The van der Waals surface area contributed by atoms with Crippen LogP contribution in [0.25, 0.3) is 0 Å². The molecular formula is C10H19NO. The highest BCUT2D eigenvalue weighted by Gasteiger charge is 2.60. The predicted octanol–water partition coefficient (Wildman–Crippen LogP) is 2.42. The molecule has 0 aromatic rings. The van der Waals surface area contributed by atoms with Gasteiger partial charge in [-0.2, -0.15) is 0 Å². The number of ketones is 1. The number of rotatable bonds is 1. The molecule has 0 heterocycles. The minimum absolute atomic E-state index is 0. The Hall–Kier alpha value is -0.370. The Morgan fingerprint density at radius 2 is 1.67 bits per heavy atom. The van der Waals surface area contributed by atoms with Gasteiger partial charge in [0, 0.05) is 5.92 Å². The highest BCUT2D eigenvalue weighted by Crippen LogP contribution is 2.63. The molecule has 2 heteroatoms. The third-order valence-electron chi connectivity index (χ3n) is 3.38. The van der Waals surface area contributed by atoms with E-state index in [1.165, 1.54) is 12.8 Å². The molecule has 0 aromatic carbocycles. The van der Waals surface area contributed by atoms with Gasteiger partial charge in [0.25, 0.3) is 0 Å². The van der Waals surface area contributed by atoms with Gasteiger partial charge in [0.1, 0.15) is 5.78 Å². The van der Waals surface area contributed by atoms with Crippen molar-refractivity contribution in [2.75, 3.05) is 0 Å². The molecule has 0 aliphatic heterocycles. The SMILES string of the molecule is CC(=O)C1C2CC(C)(C)CC21.N. The van der Waals surface area contributed by atoms with E-state index in [2.05, 4.69) is 13.8 Å². The van der Waals surface area contributed by atoms with E-state index in [4.69, 9.17) is 0 Å². The zero-order chi connectivity index (χ0) is 8.22. The molecule has 12 heavy (non-hydrogen) atoms. The van der Waals surface area contributed by atoms with Crippen LogP contribution in [-0.2, 0) is 4.79 Å². The number of carbonyl (C=O) groups excluding carboxylic acids is 1. The lowest BCUT2D eigenvalue weighted by Crippen LogP contribution is -2.12. The van der Waals surface area contributed by atoms with Gasteiger partial charge in [-0.05, 0) is 37.0 Å². The second-order valence-corrected chi connectivity index (χ2v) is 5.04. The molecular weight excluding hydrogens is 150 g/mol. The summed E-state index contributed by atoms with van der Waals surface area (Å²) in [7, 11) is 0. The molecule has 2 rings (SSSR count). The maximum absolute atomic E-state index is 11.0. The molecule has 70 valence electrons.